The molecule has 0 saturated heterocycles. The van der Waals surface area contributed by atoms with E-state index >= 15 is 0 Å². The number of hydrogen-bond donors (Lipinski definition) is 0. The highest BCUT2D eigenvalue weighted by Crippen LogP contribution is 2.65. The maximum Gasteiger partial charge on any atom is 0.143 e. The van der Waals surface area contributed by atoms with Crippen molar-refractivity contribution in [3.8, 4) is 156 Å². The van der Waals surface area contributed by atoms with Gasteiger partial charge in [-0.25, -0.2) is 0 Å². The van der Waals surface area contributed by atoms with E-state index in [4.69, 9.17) is 8.83 Å². The van der Waals surface area contributed by atoms with E-state index in [1.807, 2.05) is 12.1 Å². The van der Waals surface area contributed by atoms with Crippen molar-refractivity contribution in [1.82, 2.24) is 0 Å². The van der Waals surface area contributed by atoms with Gasteiger partial charge >= 0.3 is 0 Å². The van der Waals surface area contributed by atoms with E-state index in [-0.39, 0.29) is 10.8 Å². The van der Waals surface area contributed by atoms with Gasteiger partial charge in [0.25, 0.3) is 0 Å². The third-order valence-corrected chi connectivity index (χ3v) is 32.3. The molecule has 0 aliphatic heterocycles. The maximum atomic E-state index is 6.68. The van der Waals surface area contributed by atoms with E-state index in [2.05, 4.69) is 559 Å². The van der Waals surface area contributed by atoms with Gasteiger partial charge in [-0.15, -0.1) is 0 Å². The minimum atomic E-state index is -0.580. The third-order valence-electron chi connectivity index (χ3n) is 32.3. The van der Waals surface area contributed by atoms with Crippen LogP contribution < -0.4 is 9.80 Å². The Kier molecular flexibility index (Phi) is 20.9. The molecule has 0 amide bonds. The van der Waals surface area contributed by atoms with Crippen molar-refractivity contribution in [2.24, 2.45) is 0 Å². The van der Waals surface area contributed by atoms with Crippen molar-refractivity contribution in [2.45, 2.75) is 43.9 Å². The first-order chi connectivity index (χ1) is 73.3. The topological polar surface area (TPSA) is 32.8 Å². The van der Waals surface area contributed by atoms with Crippen LogP contribution in [0.4, 0.5) is 34.1 Å². The zero-order valence-electron chi connectivity index (χ0n) is 83.0. The second-order valence-corrected chi connectivity index (χ2v) is 41.2. The lowest BCUT2D eigenvalue weighted by Gasteiger charge is -2.32. The Morgan fingerprint density at radius 2 is 0.356 bits per heavy atom. The quantitative estimate of drug-likeness (QED) is 0.0965. The molecule has 29 rings (SSSR count). The molecule has 0 bridgehead atoms. The summed E-state index contributed by atoms with van der Waals surface area (Å²) in [6.45, 7) is 9.61. The Morgan fingerprint density at radius 3 is 0.691 bits per heavy atom. The van der Waals surface area contributed by atoms with Crippen LogP contribution >= 0.6 is 0 Å². The van der Waals surface area contributed by atoms with Crippen molar-refractivity contribution in [1.29, 1.82) is 0 Å². The summed E-state index contributed by atoms with van der Waals surface area (Å²) >= 11 is 0. The number of benzene rings is 23. The lowest BCUT2D eigenvalue weighted by Crippen LogP contribution is -2.26. The first kappa shape index (κ1) is 88.0. The Morgan fingerprint density at radius 1 is 0.141 bits per heavy atom. The van der Waals surface area contributed by atoms with Gasteiger partial charge in [-0.05, 0) is 298 Å². The molecule has 4 heteroatoms. The van der Waals surface area contributed by atoms with Gasteiger partial charge in [0.1, 0.15) is 22.3 Å². The van der Waals surface area contributed by atoms with Crippen LogP contribution in [-0.2, 0) is 16.2 Å². The standard InChI is InChI=1S/C73H47NO.C72H53NO/c1-3-14-48(15-4-1)50-26-30-52(31-27-50)54-34-39-57(40-35-54)74(58-41-36-55(37-42-58)53-32-28-51(29-33-53)49-16-5-2-6-17-49)59-43-45-64-63-44-38-56(60-21-13-22-66-65-20-9-12-25-71(65)75-72(60)66)46-69(63)73(70(64)47-59)67-23-10-7-18-61(67)62-19-8-11-24-68(62)73;1-71(2)65-42-54(58-19-13-20-62-61-18-11-12-21-69(61)74-70(58)62)34-40-59(65)63-44-68-64(45-67(63)71)60-41-39-57(43-66(60)72(68,3)4)73(55-35-30-52(31-36-55)50-26-22-48(23-27-50)46-14-7-5-8-15-46)56-37-32-53(33-38-56)51-28-24-49(25-29-51)47-16-9-6-10-17-47/h1-47H;5-45H,1-4H3. The van der Waals surface area contributed by atoms with Crippen LogP contribution in [0.25, 0.3) is 200 Å². The number of furan rings is 2. The fraction of sp³-hybridized carbons (Fsp3) is 0.0483. The second-order valence-electron chi connectivity index (χ2n) is 41.2. The highest BCUT2D eigenvalue weighted by molar-refractivity contribution is 6.12. The zero-order chi connectivity index (χ0) is 99.2. The van der Waals surface area contributed by atoms with Crippen molar-refractivity contribution in [2.75, 3.05) is 9.80 Å². The van der Waals surface area contributed by atoms with Gasteiger partial charge in [0.15, 0.2) is 0 Å². The van der Waals surface area contributed by atoms with Crippen LogP contribution in [0, 0.1) is 0 Å². The Balaban J connectivity index is 0.000000143. The van der Waals surface area contributed by atoms with E-state index in [9.17, 15) is 0 Å². The van der Waals surface area contributed by atoms with Gasteiger partial charge in [-0.1, -0.05) is 452 Å². The SMILES string of the molecule is CC1(C)c2cc(-c3cccc4c3oc3ccccc34)ccc2-c2cc3c(cc21)-c1ccc(N(c2ccc(-c4ccc(-c5ccccc5)cc4)cc2)c2ccc(-c4ccc(-c5ccccc5)cc4)cc2)cc1C3(C)C.c1ccc(-c2ccc(-c3ccc(N(c4ccc(-c5ccc(-c6ccccc6)cc5)cc4)c4ccc5c(c4)C4(c6ccccc6-c6ccccc64)c4cc(-c6cccc7c6oc6ccccc67)ccc4-5)cc3)cc2)cc1. The van der Waals surface area contributed by atoms with Gasteiger partial charge in [0, 0.05) is 77.6 Å². The van der Waals surface area contributed by atoms with Crippen LogP contribution in [0.5, 0.6) is 0 Å². The summed E-state index contributed by atoms with van der Waals surface area (Å²) in [4.78, 5) is 4.86. The van der Waals surface area contributed by atoms with Crippen molar-refractivity contribution < 1.29 is 8.83 Å². The summed E-state index contributed by atoms with van der Waals surface area (Å²) in [5, 5.41) is 4.57. The largest absolute Gasteiger partial charge is 0.455 e. The monoisotopic (exact) mass is 1900 g/mol. The molecule has 0 saturated carbocycles. The molecule has 0 atom stereocenters. The Hall–Kier alpha value is -18.7. The van der Waals surface area contributed by atoms with E-state index < -0.39 is 5.41 Å². The molecule has 23 aromatic carbocycles. The van der Waals surface area contributed by atoms with Gasteiger partial charge in [0.05, 0.1) is 5.41 Å². The van der Waals surface area contributed by atoms with Gasteiger partial charge in [-0.2, -0.15) is 0 Å². The molecule has 702 valence electrons. The minimum Gasteiger partial charge on any atom is -0.455 e. The fourth-order valence-electron chi connectivity index (χ4n) is 24.7. The summed E-state index contributed by atoms with van der Waals surface area (Å²) in [7, 11) is 0. The molecule has 0 radical (unpaired) electrons. The summed E-state index contributed by atoms with van der Waals surface area (Å²) < 4.78 is 13.2. The molecule has 4 nitrogen and oxygen atoms in total. The fourth-order valence-corrected chi connectivity index (χ4v) is 24.7. The molecule has 0 fully saturated rings. The first-order valence-corrected chi connectivity index (χ1v) is 51.8. The second kappa shape index (κ2) is 35.4. The summed E-state index contributed by atoms with van der Waals surface area (Å²) in [6.07, 6.45) is 0. The summed E-state index contributed by atoms with van der Waals surface area (Å²) in [5.74, 6) is 0. The molecule has 4 aliphatic carbocycles. The predicted octanol–water partition coefficient (Wildman–Crippen LogP) is 39.7. The maximum absolute atomic E-state index is 6.68. The van der Waals surface area contributed by atoms with E-state index in [1.165, 1.54) is 184 Å². The number of rotatable bonds is 16. The molecule has 0 unspecified atom stereocenters. The number of nitrogens with zero attached hydrogens (tertiary/aromatic N) is 2. The molecule has 0 N–H and O–H groups in total. The van der Waals surface area contributed by atoms with Crippen LogP contribution in [0.2, 0.25) is 0 Å². The normalized spacial score (nSPS) is 13.1. The van der Waals surface area contributed by atoms with Crippen LogP contribution in [0.15, 0.2) is 543 Å². The van der Waals surface area contributed by atoms with Gasteiger partial charge < -0.3 is 18.6 Å². The molecule has 2 aromatic heterocycles. The predicted molar refractivity (Wildman–Crippen MR) is 623 cm³/mol. The summed E-state index contributed by atoms with van der Waals surface area (Å²) in [5.41, 5.74) is 54.0. The molecule has 25 aromatic rings. The van der Waals surface area contributed by atoms with Gasteiger partial charge in [-0.3, -0.25) is 0 Å². The molecular weight excluding hydrogens is 1800 g/mol. The first-order valence-electron chi connectivity index (χ1n) is 51.8. The Labute approximate surface area is 868 Å². The van der Waals surface area contributed by atoms with Crippen LogP contribution in [-0.4, -0.2) is 0 Å². The average molecular weight is 1900 g/mol. The van der Waals surface area contributed by atoms with Crippen LogP contribution in [0.3, 0.4) is 0 Å². The van der Waals surface area contributed by atoms with Crippen molar-refractivity contribution in [3.63, 3.8) is 0 Å². The number of hydrogen-bond acceptors (Lipinski definition) is 4. The van der Waals surface area contributed by atoms with Gasteiger partial charge in [0.2, 0.25) is 0 Å². The zero-order valence-corrected chi connectivity index (χ0v) is 83.0. The Bertz CT molecular complexity index is 9240. The van der Waals surface area contributed by atoms with Crippen molar-refractivity contribution in [3.05, 3.63) is 578 Å². The third kappa shape index (κ3) is 14.7. The van der Waals surface area contributed by atoms with Crippen molar-refractivity contribution >= 4 is 78.0 Å². The molecular formula is C145H100N2O2. The summed E-state index contributed by atoms with van der Waals surface area (Å²) in [6, 6.07) is 196. The van der Waals surface area contributed by atoms with E-state index in [0.717, 1.165) is 94.7 Å². The van der Waals surface area contributed by atoms with Crippen LogP contribution in [0.1, 0.15) is 72.2 Å². The number of anilines is 6. The highest BCUT2D eigenvalue weighted by atomic mass is 16.3. The lowest BCUT2D eigenvalue weighted by atomic mass is 9.70. The molecule has 1 spiro atoms. The molecule has 149 heavy (non-hydrogen) atoms. The smallest absolute Gasteiger partial charge is 0.143 e. The highest BCUT2D eigenvalue weighted by Gasteiger charge is 2.52. The lowest BCUT2D eigenvalue weighted by molar-refractivity contribution is 0.652. The number of fused-ring (bicyclic) bond motifs is 22. The van der Waals surface area contributed by atoms with E-state index in [1.54, 1.807) is 0 Å². The molecule has 2 heterocycles. The van der Waals surface area contributed by atoms with E-state index in [0.29, 0.717) is 0 Å². The average Bonchev–Trinajstić information content (AvgIpc) is 1.50. The molecule has 4 aliphatic rings. The minimum absolute atomic E-state index is 0.201. The number of para-hydroxylation sites is 4.